The van der Waals surface area contributed by atoms with E-state index in [9.17, 15) is 4.79 Å². The summed E-state index contributed by atoms with van der Waals surface area (Å²) >= 11 is 0. The zero-order chi connectivity index (χ0) is 14.4. The van der Waals surface area contributed by atoms with Crippen LogP contribution in [0.1, 0.15) is 44.6 Å². The van der Waals surface area contributed by atoms with Crippen LogP contribution in [0.2, 0.25) is 0 Å². The maximum absolute atomic E-state index is 11.8. The van der Waals surface area contributed by atoms with Crippen LogP contribution >= 0.6 is 0 Å². The molecule has 0 bridgehead atoms. The lowest BCUT2D eigenvalue weighted by Crippen LogP contribution is -2.24. The zero-order valence-electron chi connectivity index (χ0n) is 12.5. The molecule has 110 valence electrons. The molecule has 0 aliphatic heterocycles. The standard InChI is InChI=1S/C17H25NO2/c1-13-3-7-15(8-4-13)18-12-11-17(19)20-16-9-5-14(2)6-10-16/h3-4,7-8,14,16,18H,5-6,9-12H2,1-2H3. The van der Waals surface area contributed by atoms with Crippen LogP contribution in [0.15, 0.2) is 24.3 Å². The molecule has 1 aliphatic carbocycles. The average molecular weight is 275 g/mol. The molecule has 1 aromatic rings. The molecular formula is C17H25NO2. The molecule has 0 atom stereocenters. The van der Waals surface area contributed by atoms with E-state index in [0.717, 1.165) is 24.4 Å². The fourth-order valence-corrected chi connectivity index (χ4v) is 2.57. The predicted octanol–water partition coefficient (Wildman–Crippen LogP) is 3.92. The summed E-state index contributed by atoms with van der Waals surface area (Å²) in [6.07, 6.45) is 4.99. The summed E-state index contributed by atoms with van der Waals surface area (Å²) in [5, 5.41) is 3.25. The molecule has 0 saturated heterocycles. The van der Waals surface area contributed by atoms with Crippen molar-refractivity contribution in [2.75, 3.05) is 11.9 Å². The van der Waals surface area contributed by atoms with E-state index in [0.29, 0.717) is 13.0 Å². The van der Waals surface area contributed by atoms with Gasteiger partial charge in [0.2, 0.25) is 0 Å². The van der Waals surface area contributed by atoms with Gasteiger partial charge in [0.05, 0.1) is 6.42 Å². The second kappa shape index (κ2) is 7.32. The van der Waals surface area contributed by atoms with Crippen molar-refractivity contribution in [1.82, 2.24) is 0 Å². The summed E-state index contributed by atoms with van der Waals surface area (Å²) in [4.78, 5) is 11.8. The topological polar surface area (TPSA) is 38.3 Å². The van der Waals surface area contributed by atoms with Gasteiger partial charge < -0.3 is 10.1 Å². The third-order valence-corrected chi connectivity index (χ3v) is 3.97. The minimum atomic E-state index is -0.0795. The Hall–Kier alpha value is -1.51. The fraction of sp³-hybridized carbons (Fsp3) is 0.588. The molecule has 3 nitrogen and oxygen atoms in total. The van der Waals surface area contributed by atoms with Gasteiger partial charge in [-0.3, -0.25) is 4.79 Å². The number of rotatable bonds is 5. The first-order valence-corrected chi connectivity index (χ1v) is 7.63. The van der Waals surface area contributed by atoms with Crippen LogP contribution < -0.4 is 5.32 Å². The second-order valence-corrected chi connectivity index (χ2v) is 5.91. The van der Waals surface area contributed by atoms with Crippen LogP contribution in [-0.2, 0) is 9.53 Å². The molecule has 2 rings (SSSR count). The van der Waals surface area contributed by atoms with Crippen molar-refractivity contribution in [1.29, 1.82) is 0 Å². The van der Waals surface area contributed by atoms with Crippen molar-refractivity contribution in [3.63, 3.8) is 0 Å². The molecule has 20 heavy (non-hydrogen) atoms. The minimum absolute atomic E-state index is 0.0795. The smallest absolute Gasteiger partial charge is 0.307 e. The van der Waals surface area contributed by atoms with Gasteiger partial charge in [0.15, 0.2) is 0 Å². The SMILES string of the molecule is Cc1ccc(NCCC(=O)OC2CCC(C)CC2)cc1. The van der Waals surface area contributed by atoms with Crippen LogP contribution in [-0.4, -0.2) is 18.6 Å². The largest absolute Gasteiger partial charge is 0.462 e. The van der Waals surface area contributed by atoms with Crippen LogP contribution in [0.4, 0.5) is 5.69 Å². The molecule has 1 fully saturated rings. The Kier molecular flexibility index (Phi) is 5.45. The normalized spacial score (nSPS) is 22.3. The zero-order valence-corrected chi connectivity index (χ0v) is 12.5. The highest BCUT2D eigenvalue weighted by atomic mass is 16.5. The number of hydrogen-bond donors (Lipinski definition) is 1. The van der Waals surface area contributed by atoms with Crippen LogP contribution in [0.3, 0.4) is 0 Å². The lowest BCUT2D eigenvalue weighted by Gasteiger charge is -2.26. The summed E-state index contributed by atoms with van der Waals surface area (Å²) in [5.41, 5.74) is 2.29. The van der Waals surface area contributed by atoms with Gasteiger partial charge in [0.1, 0.15) is 6.10 Å². The summed E-state index contributed by atoms with van der Waals surface area (Å²) < 4.78 is 5.52. The molecule has 1 aromatic carbocycles. The molecule has 1 saturated carbocycles. The van der Waals surface area contributed by atoms with E-state index in [2.05, 4.69) is 31.3 Å². The molecule has 0 radical (unpaired) electrons. The maximum Gasteiger partial charge on any atom is 0.307 e. The van der Waals surface area contributed by atoms with Gasteiger partial charge in [-0.2, -0.15) is 0 Å². The number of hydrogen-bond acceptors (Lipinski definition) is 3. The van der Waals surface area contributed by atoms with E-state index >= 15 is 0 Å². The number of ether oxygens (including phenoxy) is 1. The molecule has 0 aromatic heterocycles. The van der Waals surface area contributed by atoms with Gasteiger partial charge in [-0.15, -0.1) is 0 Å². The lowest BCUT2D eigenvalue weighted by molar-refractivity contribution is -0.150. The third-order valence-electron chi connectivity index (χ3n) is 3.97. The monoisotopic (exact) mass is 275 g/mol. The summed E-state index contributed by atoms with van der Waals surface area (Å²) in [7, 11) is 0. The third kappa shape index (κ3) is 4.87. The molecular weight excluding hydrogens is 250 g/mol. The van der Waals surface area contributed by atoms with Crippen LogP contribution in [0.25, 0.3) is 0 Å². The van der Waals surface area contributed by atoms with E-state index in [1.807, 2.05) is 12.1 Å². The van der Waals surface area contributed by atoms with E-state index in [4.69, 9.17) is 4.74 Å². The van der Waals surface area contributed by atoms with Crippen molar-refractivity contribution in [2.24, 2.45) is 5.92 Å². The number of nitrogens with one attached hydrogen (secondary N) is 1. The van der Waals surface area contributed by atoms with Crippen molar-refractivity contribution >= 4 is 11.7 Å². The van der Waals surface area contributed by atoms with Gasteiger partial charge in [-0.1, -0.05) is 24.6 Å². The molecule has 0 unspecified atom stereocenters. The Balaban J connectivity index is 1.64. The number of anilines is 1. The van der Waals surface area contributed by atoms with Gasteiger partial charge in [0, 0.05) is 12.2 Å². The Morgan fingerprint density at radius 1 is 1.20 bits per heavy atom. The number of carbonyl (C=O) groups is 1. The predicted molar refractivity (Wildman–Crippen MR) is 81.8 cm³/mol. The highest BCUT2D eigenvalue weighted by Crippen LogP contribution is 2.25. The van der Waals surface area contributed by atoms with E-state index < -0.39 is 0 Å². The van der Waals surface area contributed by atoms with E-state index in [1.54, 1.807) is 0 Å². The Morgan fingerprint density at radius 3 is 2.50 bits per heavy atom. The average Bonchev–Trinajstić information content (AvgIpc) is 2.44. The molecule has 0 amide bonds. The number of benzene rings is 1. The first-order chi connectivity index (χ1) is 9.63. The molecule has 3 heteroatoms. The van der Waals surface area contributed by atoms with E-state index in [-0.39, 0.29) is 12.1 Å². The molecule has 1 N–H and O–H groups in total. The fourth-order valence-electron chi connectivity index (χ4n) is 2.57. The van der Waals surface area contributed by atoms with Gasteiger partial charge in [-0.05, 0) is 50.7 Å². The molecule has 0 heterocycles. The number of esters is 1. The molecule has 1 aliphatic rings. The minimum Gasteiger partial charge on any atom is -0.462 e. The van der Waals surface area contributed by atoms with Crippen LogP contribution in [0, 0.1) is 12.8 Å². The van der Waals surface area contributed by atoms with Crippen molar-refractivity contribution < 1.29 is 9.53 Å². The maximum atomic E-state index is 11.8. The van der Waals surface area contributed by atoms with Gasteiger partial charge >= 0.3 is 5.97 Å². The van der Waals surface area contributed by atoms with Gasteiger partial charge in [0.25, 0.3) is 0 Å². The van der Waals surface area contributed by atoms with E-state index in [1.165, 1.54) is 18.4 Å². The van der Waals surface area contributed by atoms with Crippen molar-refractivity contribution in [2.45, 2.75) is 52.1 Å². The first-order valence-electron chi connectivity index (χ1n) is 7.63. The number of carbonyl (C=O) groups excluding carboxylic acids is 1. The summed E-state index contributed by atoms with van der Waals surface area (Å²) in [6.45, 7) is 4.96. The number of aryl methyl sites for hydroxylation is 1. The van der Waals surface area contributed by atoms with Crippen molar-refractivity contribution in [3.05, 3.63) is 29.8 Å². The van der Waals surface area contributed by atoms with Gasteiger partial charge in [-0.25, -0.2) is 0 Å². The Bertz CT molecular complexity index is 419. The highest BCUT2D eigenvalue weighted by molar-refractivity contribution is 5.70. The summed E-state index contributed by atoms with van der Waals surface area (Å²) in [6, 6.07) is 8.18. The Morgan fingerprint density at radius 2 is 1.85 bits per heavy atom. The summed E-state index contributed by atoms with van der Waals surface area (Å²) in [5.74, 6) is 0.706. The molecule has 0 spiro atoms. The second-order valence-electron chi connectivity index (χ2n) is 5.91. The lowest BCUT2D eigenvalue weighted by atomic mass is 9.89. The van der Waals surface area contributed by atoms with Crippen molar-refractivity contribution in [3.8, 4) is 0 Å². The first kappa shape index (κ1) is 14.9. The quantitative estimate of drug-likeness (QED) is 0.828. The Labute approximate surface area is 121 Å². The highest BCUT2D eigenvalue weighted by Gasteiger charge is 2.21. The van der Waals surface area contributed by atoms with Crippen LogP contribution in [0.5, 0.6) is 0 Å².